The third-order valence-corrected chi connectivity index (χ3v) is 3.79. The van der Waals surface area contributed by atoms with E-state index < -0.39 is 5.60 Å². The Morgan fingerprint density at radius 1 is 1.35 bits per heavy atom. The number of aromatic amines is 1. The lowest BCUT2D eigenvalue weighted by molar-refractivity contribution is 0.0658. The molecule has 5 heteroatoms. The Kier molecular flexibility index (Phi) is 4.50. The van der Waals surface area contributed by atoms with Crippen LogP contribution in [0.3, 0.4) is 0 Å². The third-order valence-electron chi connectivity index (χ3n) is 3.79. The fourth-order valence-corrected chi connectivity index (χ4v) is 2.34. The van der Waals surface area contributed by atoms with Gasteiger partial charge in [0.15, 0.2) is 0 Å². The molecule has 0 radical (unpaired) electrons. The number of hydrogen-bond donors (Lipinski definition) is 2. The van der Waals surface area contributed by atoms with Gasteiger partial charge in [0.2, 0.25) is 0 Å². The number of carbonyl (C=O) groups excluding carboxylic acids is 1. The van der Waals surface area contributed by atoms with E-state index in [0.29, 0.717) is 12.1 Å². The Morgan fingerprint density at radius 2 is 2.00 bits per heavy atom. The van der Waals surface area contributed by atoms with E-state index in [1.165, 1.54) is 0 Å². The molecular formula is C15H25N3O2. The summed E-state index contributed by atoms with van der Waals surface area (Å²) in [6.45, 7) is 7.03. The lowest BCUT2D eigenvalue weighted by atomic mass is 10.0. The van der Waals surface area contributed by atoms with Crippen molar-refractivity contribution in [1.29, 1.82) is 0 Å². The van der Waals surface area contributed by atoms with E-state index in [2.05, 4.69) is 16.9 Å². The summed E-state index contributed by atoms with van der Waals surface area (Å²) in [5.74, 6) is 0.0765. The number of amides is 1. The van der Waals surface area contributed by atoms with Crippen molar-refractivity contribution in [1.82, 2.24) is 14.8 Å². The summed E-state index contributed by atoms with van der Waals surface area (Å²) < 4.78 is 0. The number of piperazine rings is 1. The van der Waals surface area contributed by atoms with E-state index in [-0.39, 0.29) is 5.91 Å². The Balaban J connectivity index is 1.93. The second-order valence-electron chi connectivity index (χ2n) is 6.33. The van der Waals surface area contributed by atoms with Crippen molar-refractivity contribution in [3.05, 3.63) is 23.5 Å². The summed E-state index contributed by atoms with van der Waals surface area (Å²) in [6, 6.07) is 1.91. The van der Waals surface area contributed by atoms with Gasteiger partial charge < -0.3 is 19.9 Å². The first-order valence-corrected chi connectivity index (χ1v) is 7.23. The molecule has 1 aromatic rings. The van der Waals surface area contributed by atoms with Crippen LogP contribution in [0.5, 0.6) is 0 Å². The number of carbonyl (C=O) groups is 1. The average Bonchev–Trinajstić information content (AvgIpc) is 2.84. The number of aromatic nitrogens is 1. The first-order chi connectivity index (χ1) is 9.35. The molecule has 1 saturated heterocycles. The molecule has 5 nitrogen and oxygen atoms in total. The first-order valence-electron chi connectivity index (χ1n) is 7.23. The minimum absolute atomic E-state index is 0.0765. The summed E-state index contributed by atoms with van der Waals surface area (Å²) >= 11 is 0. The lowest BCUT2D eigenvalue weighted by Gasteiger charge is -2.32. The molecule has 0 unspecified atom stereocenters. The Morgan fingerprint density at radius 3 is 2.60 bits per heavy atom. The van der Waals surface area contributed by atoms with Gasteiger partial charge in [-0.3, -0.25) is 4.79 Å². The van der Waals surface area contributed by atoms with E-state index in [1.54, 1.807) is 13.8 Å². The van der Waals surface area contributed by atoms with Gasteiger partial charge >= 0.3 is 0 Å². The molecule has 1 aliphatic heterocycles. The van der Waals surface area contributed by atoms with Gasteiger partial charge in [-0.2, -0.15) is 0 Å². The molecule has 2 rings (SSSR count). The molecule has 1 amide bonds. The molecule has 0 aliphatic carbocycles. The largest absolute Gasteiger partial charge is 0.390 e. The maximum atomic E-state index is 12.3. The second kappa shape index (κ2) is 5.97. The second-order valence-corrected chi connectivity index (χ2v) is 6.33. The number of aryl methyl sites for hydroxylation is 1. The molecule has 20 heavy (non-hydrogen) atoms. The van der Waals surface area contributed by atoms with Crippen LogP contribution in [-0.2, 0) is 6.42 Å². The van der Waals surface area contributed by atoms with Gasteiger partial charge in [0, 0.05) is 32.4 Å². The highest BCUT2D eigenvalue weighted by molar-refractivity contribution is 5.92. The zero-order valence-corrected chi connectivity index (χ0v) is 12.6. The molecular weight excluding hydrogens is 254 g/mol. The molecule has 112 valence electrons. The fourth-order valence-electron chi connectivity index (χ4n) is 2.34. The van der Waals surface area contributed by atoms with Gasteiger partial charge in [-0.05, 0) is 45.4 Å². The van der Waals surface area contributed by atoms with Crippen LogP contribution in [0, 0.1) is 0 Å². The average molecular weight is 279 g/mol. The molecule has 0 spiro atoms. The third kappa shape index (κ3) is 4.08. The van der Waals surface area contributed by atoms with Gasteiger partial charge in [0.25, 0.3) is 5.91 Å². The highest BCUT2D eigenvalue weighted by Crippen LogP contribution is 2.15. The molecule has 0 atom stereocenters. The van der Waals surface area contributed by atoms with Crippen LogP contribution < -0.4 is 0 Å². The van der Waals surface area contributed by atoms with Crippen LogP contribution in [0.4, 0.5) is 0 Å². The zero-order valence-electron chi connectivity index (χ0n) is 12.6. The molecule has 2 N–H and O–H groups in total. The van der Waals surface area contributed by atoms with Crippen molar-refractivity contribution in [3.8, 4) is 0 Å². The number of aliphatic hydroxyl groups is 1. The van der Waals surface area contributed by atoms with Crippen molar-refractivity contribution in [2.24, 2.45) is 0 Å². The van der Waals surface area contributed by atoms with Crippen LogP contribution in [0.25, 0.3) is 0 Å². The van der Waals surface area contributed by atoms with Crippen LogP contribution >= 0.6 is 0 Å². The minimum atomic E-state index is -0.668. The standard InChI is InChI=1S/C15H25N3O2/c1-15(2,20)5-4-12-10-13(16-11-12)14(19)18-8-6-17(3)7-9-18/h10-11,16,20H,4-9H2,1-3H3. The summed E-state index contributed by atoms with van der Waals surface area (Å²) in [5, 5.41) is 9.73. The van der Waals surface area contributed by atoms with E-state index >= 15 is 0 Å². The highest BCUT2D eigenvalue weighted by atomic mass is 16.3. The quantitative estimate of drug-likeness (QED) is 0.868. The first kappa shape index (κ1) is 15.1. The zero-order chi connectivity index (χ0) is 14.8. The van der Waals surface area contributed by atoms with Gasteiger partial charge in [-0.15, -0.1) is 0 Å². The number of nitrogens with zero attached hydrogens (tertiary/aromatic N) is 2. The van der Waals surface area contributed by atoms with Crippen molar-refractivity contribution >= 4 is 5.91 Å². The van der Waals surface area contributed by atoms with E-state index in [1.807, 2.05) is 17.2 Å². The van der Waals surface area contributed by atoms with E-state index in [4.69, 9.17) is 0 Å². The number of nitrogens with one attached hydrogen (secondary N) is 1. The molecule has 0 aromatic carbocycles. The predicted molar refractivity (Wildman–Crippen MR) is 78.8 cm³/mol. The molecule has 2 heterocycles. The molecule has 1 fully saturated rings. The number of rotatable bonds is 4. The normalized spacial score (nSPS) is 17.5. The number of likely N-dealkylation sites (N-methyl/N-ethyl adjacent to an activating group) is 1. The molecule has 0 saturated carbocycles. The van der Waals surface area contributed by atoms with Crippen LogP contribution in [0.15, 0.2) is 12.3 Å². The van der Waals surface area contributed by atoms with Crippen LogP contribution in [-0.4, -0.2) is 64.6 Å². The van der Waals surface area contributed by atoms with E-state index in [9.17, 15) is 9.90 Å². The Bertz CT molecular complexity index is 454. The maximum absolute atomic E-state index is 12.3. The smallest absolute Gasteiger partial charge is 0.270 e. The monoisotopic (exact) mass is 279 g/mol. The summed E-state index contributed by atoms with van der Waals surface area (Å²) in [6.07, 6.45) is 3.33. The van der Waals surface area contributed by atoms with Crippen molar-refractivity contribution in [2.45, 2.75) is 32.3 Å². The lowest BCUT2D eigenvalue weighted by Crippen LogP contribution is -2.47. The van der Waals surface area contributed by atoms with Crippen LogP contribution in [0.1, 0.15) is 36.3 Å². The number of H-pyrrole nitrogens is 1. The summed E-state index contributed by atoms with van der Waals surface area (Å²) in [7, 11) is 2.07. The van der Waals surface area contributed by atoms with E-state index in [0.717, 1.165) is 38.2 Å². The summed E-state index contributed by atoms with van der Waals surface area (Å²) in [5.41, 5.74) is 1.06. The number of hydrogen-bond acceptors (Lipinski definition) is 3. The van der Waals surface area contributed by atoms with Crippen molar-refractivity contribution in [3.63, 3.8) is 0 Å². The predicted octanol–water partition coefficient (Wildman–Crippen LogP) is 1.11. The fraction of sp³-hybridized carbons (Fsp3) is 0.667. The Labute approximate surface area is 120 Å². The van der Waals surface area contributed by atoms with Crippen molar-refractivity contribution in [2.75, 3.05) is 33.2 Å². The molecule has 1 aromatic heterocycles. The van der Waals surface area contributed by atoms with Crippen LogP contribution in [0.2, 0.25) is 0 Å². The van der Waals surface area contributed by atoms with Gasteiger partial charge in [0.1, 0.15) is 5.69 Å². The van der Waals surface area contributed by atoms with Crippen molar-refractivity contribution < 1.29 is 9.90 Å². The molecule has 1 aliphatic rings. The summed E-state index contributed by atoms with van der Waals surface area (Å²) in [4.78, 5) is 19.5. The molecule has 0 bridgehead atoms. The minimum Gasteiger partial charge on any atom is -0.390 e. The Hall–Kier alpha value is -1.33. The van der Waals surface area contributed by atoms with Gasteiger partial charge in [-0.25, -0.2) is 0 Å². The maximum Gasteiger partial charge on any atom is 0.270 e. The topological polar surface area (TPSA) is 59.6 Å². The van der Waals surface area contributed by atoms with Gasteiger partial charge in [-0.1, -0.05) is 0 Å². The van der Waals surface area contributed by atoms with Gasteiger partial charge in [0.05, 0.1) is 5.60 Å². The SMILES string of the molecule is CN1CCN(C(=O)c2cc(CCC(C)(C)O)c[nH]2)CC1. The highest BCUT2D eigenvalue weighted by Gasteiger charge is 2.21.